The first-order valence-electron chi connectivity index (χ1n) is 6.60. The van der Waals surface area contributed by atoms with Crippen molar-refractivity contribution in [3.8, 4) is 0 Å². The van der Waals surface area contributed by atoms with Crippen LogP contribution in [-0.2, 0) is 0 Å². The SMILES string of the molecule is CCC(Cl)CC1[CH]CC(CC(Cl)CC)[CH]C1. The molecule has 0 amide bonds. The quantitative estimate of drug-likeness (QED) is 0.575. The Morgan fingerprint density at radius 2 is 1.31 bits per heavy atom. The molecule has 1 fully saturated rings. The van der Waals surface area contributed by atoms with E-state index in [0.29, 0.717) is 22.6 Å². The summed E-state index contributed by atoms with van der Waals surface area (Å²) in [7, 11) is 0. The summed E-state index contributed by atoms with van der Waals surface area (Å²) < 4.78 is 0. The van der Waals surface area contributed by atoms with Gasteiger partial charge in [-0.3, -0.25) is 0 Å². The van der Waals surface area contributed by atoms with Crippen LogP contribution in [0.2, 0.25) is 0 Å². The van der Waals surface area contributed by atoms with Crippen molar-refractivity contribution >= 4 is 23.2 Å². The van der Waals surface area contributed by atoms with Crippen LogP contribution >= 0.6 is 23.2 Å². The monoisotopic (exact) mass is 262 g/mol. The topological polar surface area (TPSA) is 0 Å². The second-order valence-electron chi connectivity index (χ2n) is 4.95. The number of halogens is 2. The standard InChI is InChI=1S/C14H24Cl2/c1-3-13(15)9-11-5-7-12(8-6-11)10-14(16)4-2/h5,8,11-14H,3-4,6-7,9-10H2,1-2H3. The van der Waals surface area contributed by atoms with Gasteiger partial charge in [-0.2, -0.15) is 0 Å². The van der Waals surface area contributed by atoms with Crippen LogP contribution in [0.5, 0.6) is 0 Å². The van der Waals surface area contributed by atoms with Crippen molar-refractivity contribution in [3.05, 3.63) is 12.8 Å². The molecule has 0 nitrogen and oxygen atoms in total. The lowest BCUT2D eigenvalue weighted by molar-refractivity contribution is 0.382. The molecule has 1 rings (SSSR count). The average Bonchev–Trinajstić information content (AvgIpc) is 2.31. The van der Waals surface area contributed by atoms with Gasteiger partial charge < -0.3 is 0 Å². The van der Waals surface area contributed by atoms with E-state index >= 15 is 0 Å². The molecule has 0 heterocycles. The molecule has 1 aliphatic carbocycles. The van der Waals surface area contributed by atoms with Gasteiger partial charge in [-0.05, 0) is 63.2 Å². The zero-order valence-corrected chi connectivity index (χ0v) is 12.0. The molecule has 0 N–H and O–H groups in total. The van der Waals surface area contributed by atoms with E-state index in [2.05, 4.69) is 26.7 Å². The fourth-order valence-electron chi connectivity index (χ4n) is 2.30. The Morgan fingerprint density at radius 3 is 1.56 bits per heavy atom. The lowest BCUT2D eigenvalue weighted by atomic mass is 9.78. The summed E-state index contributed by atoms with van der Waals surface area (Å²) in [5.74, 6) is 1.41. The van der Waals surface area contributed by atoms with Crippen molar-refractivity contribution in [2.24, 2.45) is 11.8 Å². The van der Waals surface area contributed by atoms with Gasteiger partial charge in [0.2, 0.25) is 0 Å². The third kappa shape index (κ3) is 5.27. The lowest BCUT2D eigenvalue weighted by Gasteiger charge is -2.29. The van der Waals surface area contributed by atoms with E-state index in [1.807, 2.05) is 0 Å². The molecule has 0 aromatic carbocycles. The largest absolute Gasteiger partial charge is 0.123 e. The first-order valence-corrected chi connectivity index (χ1v) is 7.47. The molecule has 0 aromatic rings. The molecule has 2 heteroatoms. The summed E-state index contributed by atoms with van der Waals surface area (Å²) >= 11 is 12.4. The molecule has 0 bridgehead atoms. The van der Waals surface area contributed by atoms with Gasteiger partial charge in [0.05, 0.1) is 0 Å². The molecule has 16 heavy (non-hydrogen) atoms. The van der Waals surface area contributed by atoms with Gasteiger partial charge in [0.1, 0.15) is 0 Å². The van der Waals surface area contributed by atoms with Gasteiger partial charge in [-0.25, -0.2) is 0 Å². The van der Waals surface area contributed by atoms with Gasteiger partial charge in [-0.1, -0.05) is 13.8 Å². The smallest absolute Gasteiger partial charge is 0.0336 e. The van der Waals surface area contributed by atoms with Gasteiger partial charge in [0.15, 0.2) is 0 Å². The highest BCUT2D eigenvalue weighted by Gasteiger charge is 2.24. The molecular weight excluding hydrogens is 239 g/mol. The van der Waals surface area contributed by atoms with Crippen molar-refractivity contribution in [1.82, 2.24) is 0 Å². The molecule has 0 spiro atoms. The van der Waals surface area contributed by atoms with Crippen LogP contribution in [0, 0.1) is 24.7 Å². The Morgan fingerprint density at radius 1 is 0.938 bits per heavy atom. The molecule has 4 atom stereocenters. The maximum absolute atomic E-state index is 6.19. The van der Waals surface area contributed by atoms with Crippen molar-refractivity contribution in [1.29, 1.82) is 0 Å². The molecule has 4 unspecified atom stereocenters. The summed E-state index contributed by atoms with van der Waals surface area (Å²) in [5.41, 5.74) is 0. The number of rotatable bonds is 6. The first-order chi connectivity index (χ1) is 7.65. The fraction of sp³-hybridized carbons (Fsp3) is 0.857. The molecule has 94 valence electrons. The van der Waals surface area contributed by atoms with E-state index in [-0.39, 0.29) is 0 Å². The van der Waals surface area contributed by atoms with E-state index in [0.717, 1.165) is 25.7 Å². The summed E-state index contributed by atoms with van der Waals surface area (Å²) in [6, 6.07) is 0. The number of hydrogen-bond acceptors (Lipinski definition) is 0. The normalized spacial score (nSPS) is 30.0. The van der Waals surface area contributed by atoms with E-state index < -0.39 is 0 Å². The average molecular weight is 263 g/mol. The third-order valence-electron chi connectivity index (χ3n) is 3.55. The summed E-state index contributed by atoms with van der Waals surface area (Å²) in [6.07, 6.45) is 11.8. The highest BCUT2D eigenvalue weighted by molar-refractivity contribution is 6.20. The van der Waals surface area contributed by atoms with Crippen molar-refractivity contribution < 1.29 is 0 Å². The van der Waals surface area contributed by atoms with Crippen LogP contribution in [0.15, 0.2) is 0 Å². The summed E-state index contributed by atoms with van der Waals surface area (Å²) in [4.78, 5) is 0. The Balaban J connectivity index is 2.18. The van der Waals surface area contributed by atoms with E-state index in [9.17, 15) is 0 Å². The van der Waals surface area contributed by atoms with Crippen molar-refractivity contribution in [2.75, 3.05) is 0 Å². The minimum absolute atomic E-state index is 0.350. The summed E-state index contributed by atoms with van der Waals surface area (Å²) in [6.45, 7) is 4.32. The highest BCUT2D eigenvalue weighted by atomic mass is 35.5. The molecule has 0 aromatic heterocycles. The highest BCUT2D eigenvalue weighted by Crippen LogP contribution is 2.34. The van der Waals surface area contributed by atoms with Gasteiger partial charge in [0.25, 0.3) is 0 Å². The van der Waals surface area contributed by atoms with Crippen molar-refractivity contribution in [2.45, 2.75) is 63.1 Å². The Labute approximate surface area is 111 Å². The van der Waals surface area contributed by atoms with Crippen molar-refractivity contribution in [3.63, 3.8) is 0 Å². The molecule has 0 aliphatic heterocycles. The second kappa shape index (κ2) is 7.82. The van der Waals surface area contributed by atoms with Crippen LogP contribution in [0.1, 0.15) is 52.4 Å². The minimum atomic E-state index is 0.350. The zero-order valence-electron chi connectivity index (χ0n) is 10.5. The van der Waals surface area contributed by atoms with Crippen LogP contribution in [-0.4, -0.2) is 10.8 Å². The van der Waals surface area contributed by atoms with Crippen LogP contribution in [0.3, 0.4) is 0 Å². The Kier molecular flexibility index (Phi) is 7.16. The number of alkyl halides is 2. The predicted octanol–water partition coefficient (Wildman–Crippen LogP) is 5.24. The molecule has 2 radical (unpaired) electrons. The van der Waals surface area contributed by atoms with Gasteiger partial charge in [-0.15, -0.1) is 23.2 Å². The van der Waals surface area contributed by atoms with Crippen LogP contribution in [0.25, 0.3) is 0 Å². The zero-order chi connectivity index (χ0) is 12.0. The molecule has 1 aliphatic rings. The third-order valence-corrected chi connectivity index (χ3v) is 4.52. The van der Waals surface area contributed by atoms with E-state index in [1.54, 1.807) is 0 Å². The Hall–Kier alpha value is 0.580. The Bertz CT molecular complexity index is 154. The predicted molar refractivity (Wildman–Crippen MR) is 73.9 cm³/mol. The van der Waals surface area contributed by atoms with E-state index in [4.69, 9.17) is 23.2 Å². The second-order valence-corrected chi connectivity index (χ2v) is 6.18. The van der Waals surface area contributed by atoms with Gasteiger partial charge in [0, 0.05) is 10.8 Å². The lowest BCUT2D eigenvalue weighted by Crippen LogP contribution is -2.20. The molecule has 0 saturated heterocycles. The molecular formula is C14H24Cl2. The van der Waals surface area contributed by atoms with Crippen LogP contribution < -0.4 is 0 Å². The van der Waals surface area contributed by atoms with Gasteiger partial charge >= 0.3 is 0 Å². The maximum atomic E-state index is 6.19. The fourth-order valence-corrected chi connectivity index (χ4v) is 2.76. The van der Waals surface area contributed by atoms with E-state index in [1.165, 1.54) is 12.8 Å². The number of hydrogen-bond donors (Lipinski definition) is 0. The molecule has 1 saturated carbocycles. The first kappa shape index (κ1) is 14.6. The van der Waals surface area contributed by atoms with Crippen LogP contribution in [0.4, 0.5) is 0 Å². The summed E-state index contributed by atoms with van der Waals surface area (Å²) in [5, 5.41) is 0.699. The maximum Gasteiger partial charge on any atom is 0.0336 e. The minimum Gasteiger partial charge on any atom is -0.123 e.